The number of hydrogen-bond donors (Lipinski definition) is 0. The van der Waals surface area contributed by atoms with Crippen LogP contribution >= 0.6 is 0 Å². The second-order valence-corrected chi connectivity index (χ2v) is 12.2. The Hall–Kier alpha value is -2.14. The molecule has 5 heteroatoms. The summed E-state index contributed by atoms with van der Waals surface area (Å²) in [6.07, 6.45) is 6.21. The van der Waals surface area contributed by atoms with Gasteiger partial charge < -0.3 is 4.74 Å². The molecule has 4 nitrogen and oxygen atoms in total. The van der Waals surface area contributed by atoms with Crippen molar-refractivity contribution in [3.8, 4) is 5.75 Å². The molecule has 0 heterocycles. The van der Waals surface area contributed by atoms with Gasteiger partial charge in [0.05, 0.1) is 16.6 Å². The molecule has 0 aliphatic heterocycles. The van der Waals surface area contributed by atoms with Crippen LogP contribution in [0.4, 0.5) is 0 Å². The molecule has 0 radical (unpaired) electrons. The highest BCUT2D eigenvalue weighted by molar-refractivity contribution is 7.91. The summed E-state index contributed by atoms with van der Waals surface area (Å²) in [6.45, 7) is 7.21. The van der Waals surface area contributed by atoms with E-state index < -0.39 is 14.6 Å². The molecule has 1 saturated carbocycles. The Kier molecular flexibility index (Phi) is 7.25. The van der Waals surface area contributed by atoms with Gasteiger partial charge in [-0.15, -0.1) is 0 Å². The van der Waals surface area contributed by atoms with Crippen molar-refractivity contribution in [1.82, 2.24) is 0 Å². The standard InChI is InChI=1S/C26H34O4S/c1-5-21-16-20(12-15-25(21)30-23-8-6-7-9-23)17-24(27)22-13-10-19(11-14-22)18-31(28,29)26(2,3)4/h10-16,23H,5-9,17-18H2,1-4H3. The topological polar surface area (TPSA) is 60.4 Å². The second kappa shape index (κ2) is 9.56. The zero-order valence-electron chi connectivity index (χ0n) is 19.1. The molecular weight excluding hydrogens is 408 g/mol. The Balaban J connectivity index is 1.67. The van der Waals surface area contributed by atoms with Gasteiger partial charge >= 0.3 is 0 Å². The lowest BCUT2D eigenvalue weighted by Gasteiger charge is -2.19. The van der Waals surface area contributed by atoms with Crippen molar-refractivity contribution in [2.24, 2.45) is 0 Å². The number of Topliss-reactive ketones (excluding diaryl/α,β-unsaturated/α-hetero) is 1. The summed E-state index contributed by atoms with van der Waals surface area (Å²) < 4.78 is 30.2. The fourth-order valence-corrected chi connectivity index (χ4v) is 4.89. The summed E-state index contributed by atoms with van der Waals surface area (Å²) in [6, 6.07) is 13.0. The fraction of sp³-hybridized carbons (Fsp3) is 0.500. The van der Waals surface area contributed by atoms with E-state index in [1.54, 1.807) is 45.0 Å². The molecule has 0 amide bonds. The van der Waals surface area contributed by atoms with Gasteiger partial charge in [0, 0.05) is 12.0 Å². The molecule has 3 rings (SSSR count). The first-order chi connectivity index (χ1) is 14.6. The molecule has 2 aromatic rings. The van der Waals surface area contributed by atoms with Crippen LogP contribution in [0.3, 0.4) is 0 Å². The smallest absolute Gasteiger partial charge is 0.167 e. The van der Waals surface area contributed by atoms with Crippen molar-refractivity contribution < 1.29 is 17.9 Å². The average molecular weight is 443 g/mol. The van der Waals surface area contributed by atoms with E-state index in [0.717, 1.165) is 36.1 Å². The molecular formula is C26H34O4S. The summed E-state index contributed by atoms with van der Waals surface area (Å²) in [7, 11) is -3.25. The van der Waals surface area contributed by atoms with Gasteiger partial charge in [-0.1, -0.05) is 43.3 Å². The summed E-state index contributed by atoms with van der Waals surface area (Å²) in [4.78, 5) is 12.8. The first-order valence-corrected chi connectivity index (χ1v) is 12.9. The van der Waals surface area contributed by atoms with E-state index in [9.17, 15) is 13.2 Å². The number of carbonyl (C=O) groups excluding carboxylic acids is 1. The molecule has 0 spiro atoms. The zero-order valence-corrected chi connectivity index (χ0v) is 19.9. The summed E-state index contributed by atoms with van der Waals surface area (Å²) in [5.41, 5.74) is 3.41. The third-order valence-electron chi connectivity index (χ3n) is 6.03. The number of ketones is 1. The monoisotopic (exact) mass is 442 g/mol. The third-order valence-corrected chi connectivity index (χ3v) is 8.61. The molecule has 0 unspecified atom stereocenters. The van der Waals surface area contributed by atoms with Gasteiger partial charge in [-0.25, -0.2) is 8.42 Å². The molecule has 0 bridgehead atoms. The number of rotatable bonds is 8. The maximum absolute atomic E-state index is 12.8. The molecule has 2 aromatic carbocycles. The van der Waals surface area contributed by atoms with Crippen molar-refractivity contribution in [2.45, 2.75) is 82.8 Å². The predicted octanol–water partition coefficient (Wildman–Crippen LogP) is 5.71. The molecule has 0 saturated heterocycles. The second-order valence-electron chi connectivity index (χ2n) is 9.49. The molecule has 1 fully saturated rings. The van der Waals surface area contributed by atoms with Crippen molar-refractivity contribution in [3.05, 3.63) is 64.7 Å². The van der Waals surface area contributed by atoms with Crippen LogP contribution in [0.25, 0.3) is 0 Å². The largest absolute Gasteiger partial charge is 0.490 e. The fourth-order valence-electron chi connectivity index (χ4n) is 3.83. The van der Waals surface area contributed by atoms with E-state index in [0.29, 0.717) is 23.7 Å². The van der Waals surface area contributed by atoms with Crippen molar-refractivity contribution in [1.29, 1.82) is 0 Å². The molecule has 1 aliphatic rings. The number of aryl methyl sites for hydroxylation is 1. The van der Waals surface area contributed by atoms with Crippen molar-refractivity contribution in [3.63, 3.8) is 0 Å². The van der Waals surface area contributed by atoms with Crippen LogP contribution in [-0.4, -0.2) is 25.1 Å². The van der Waals surface area contributed by atoms with Gasteiger partial charge in [-0.2, -0.15) is 0 Å². The van der Waals surface area contributed by atoms with Crippen molar-refractivity contribution >= 4 is 15.6 Å². The Bertz CT molecular complexity index is 1010. The third kappa shape index (κ3) is 5.97. The lowest BCUT2D eigenvalue weighted by Crippen LogP contribution is -2.29. The molecule has 0 aromatic heterocycles. The molecule has 168 valence electrons. The average Bonchev–Trinajstić information content (AvgIpc) is 3.21. The van der Waals surface area contributed by atoms with E-state index in [4.69, 9.17) is 4.74 Å². The molecule has 0 N–H and O–H groups in total. The highest BCUT2D eigenvalue weighted by Crippen LogP contribution is 2.28. The Morgan fingerprint density at radius 3 is 2.19 bits per heavy atom. The van der Waals surface area contributed by atoms with Gasteiger partial charge in [0.2, 0.25) is 0 Å². The van der Waals surface area contributed by atoms with Gasteiger partial charge in [0.15, 0.2) is 15.6 Å². The van der Waals surface area contributed by atoms with Crippen LogP contribution in [0.5, 0.6) is 5.75 Å². The van der Waals surface area contributed by atoms with Crippen LogP contribution in [0.1, 0.15) is 80.4 Å². The molecule has 31 heavy (non-hydrogen) atoms. The van der Waals surface area contributed by atoms with E-state index in [-0.39, 0.29) is 11.5 Å². The van der Waals surface area contributed by atoms with Gasteiger partial charge in [-0.05, 0) is 75.6 Å². The van der Waals surface area contributed by atoms with Gasteiger partial charge in [0.1, 0.15) is 5.75 Å². The number of carbonyl (C=O) groups is 1. The number of hydrogen-bond acceptors (Lipinski definition) is 4. The lowest BCUT2D eigenvalue weighted by molar-refractivity contribution is 0.0993. The summed E-state index contributed by atoms with van der Waals surface area (Å²) >= 11 is 0. The molecule has 0 atom stereocenters. The van der Waals surface area contributed by atoms with E-state index in [1.807, 2.05) is 12.1 Å². The minimum absolute atomic E-state index is 0.0205. The van der Waals surface area contributed by atoms with Crippen LogP contribution in [-0.2, 0) is 28.4 Å². The highest BCUT2D eigenvalue weighted by Gasteiger charge is 2.29. The SMILES string of the molecule is CCc1cc(CC(=O)c2ccc(CS(=O)(=O)C(C)(C)C)cc2)ccc1OC1CCCC1. The Morgan fingerprint density at radius 2 is 1.61 bits per heavy atom. The van der Waals surface area contributed by atoms with E-state index in [1.165, 1.54) is 12.8 Å². The lowest BCUT2D eigenvalue weighted by atomic mass is 9.99. The first kappa shape index (κ1) is 23.5. The van der Waals surface area contributed by atoms with E-state index >= 15 is 0 Å². The Labute approximate surface area is 186 Å². The quantitative estimate of drug-likeness (QED) is 0.491. The van der Waals surface area contributed by atoms with Crippen molar-refractivity contribution in [2.75, 3.05) is 0 Å². The minimum atomic E-state index is -3.25. The molecule has 1 aliphatic carbocycles. The predicted molar refractivity (Wildman–Crippen MR) is 126 cm³/mol. The van der Waals surface area contributed by atoms with Crippen LogP contribution < -0.4 is 4.74 Å². The van der Waals surface area contributed by atoms with Crippen LogP contribution in [0, 0.1) is 0 Å². The normalized spacial score (nSPS) is 15.2. The summed E-state index contributed by atoms with van der Waals surface area (Å²) in [5.74, 6) is 0.944. The maximum Gasteiger partial charge on any atom is 0.167 e. The highest BCUT2D eigenvalue weighted by atomic mass is 32.2. The van der Waals surface area contributed by atoms with E-state index in [2.05, 4.69) is 13.0 Å². The number of benzene rings is 2. The number of ether oxygens (including phenoxy) is 1. The van der Waals surface area contributed by atoms with Gasteiger partial charge in [0.25, 0.3) is 0 Å². The van der Waals surface area contributed by atoms with Crippen LogP contribution in [0.15, 0.2) is 42.5 Å². The summed E-state index contributed by atoms with van der Waals surface area (Å²) in [5, 5.41) is 0. The van der Waals surface area contributed by atoms with Gasteiger partial charge in [-0.3, -0.25) is 4.79 Å². The number of sulfone groups is 1. The minimum Gasteiger partial charge on any atom is -0.490 e. The first-order valence-electron chi connectivity index (χ1n) is 11.2. The zero-order chi connectivity index (χ0) is 22.6. The van der Waals surface area contributed by atoms with Crippen LogP contribution in [0.2, 0.25) is 0 Å². The Morgan fingerprint density at radius 1 is 1.00 bits per heavy atom. The maximum atomic E-state index is 12.8.